The van der Waals surface area contributed by atoms with Crippen molar-refractivity contribution in [3.63, 3.8) is 0 Å². The Morgan fingerprint density at radius 2 is 1.72 bits per heavy atom. The highest BCUT2D eigenvalue weighted by Crippen LogP contribution is 2.29. The first-order valence-corrected chi connectivity index (χ1v) is 8.56. The number of hydrogen-bond donors (Lipinski definition) is 0. The van der Waals surface area contributed by atoms with E-state index in [9.17, 15) is 0 Å². The summed E-state index contributed by atoms with van der Waals surface area (Å²) >= 11 is 6.03. The molecule has 0 aliphatic carbocycles. The van der Waals surface area contributed by atoms with E-state index in [2.05, 4.69) is 28.9 Å². The summed E-state index contributed by atoms with van der Waals surface area (Å²) in [5.74, 6) is 1.58. The normalized spacial score (nSPS) is 11.6. The lowest BCUT2D eigenvalue weighted by atomic mass is 10.2. The van der Waals surface area contributed by atoms with Crippen molar-refractivity contribution in [3.05, 3.63) is 53.6 Å². The Kier molecular flexibility index (Phi) is 3.81. The van der Waals surface area contributed by atoms with Gasteiger partial charge >= 0.3 is 0 Å². The number of para-hydroxylation sites is 1. The summed E-state index contributed by atoms with van der Waals surface area (Å²) in [4.78, 5) is 7.01. The van der Waals surface area contributed by atoms with Crippen molar-refractivity contribution in [3.8, 4) is 11.4 Å². The number of benzene rings is 2. The number of nitrogens with zero attached hydrogens (tertiary/aromatic N) is 5. The third kappa shape index (κ3) is 2.61. The Morgan fingerprint density at radius 3 is 2.44 bits per heavy atom. The van der Waals surface area contributed by atoms with E-state index in [-0.39, 0.29) is 6.04 Å². The molecule has 5 nitrogen and oxygen atoms in total. The van der Waals surface area contributed by atoms with Gasteiger partial charge in [-0.3, -0.25) is 0 Å². The van der Waals surface area contributed by atoms with Gasteiger partial charge in [0.15, 0.2) is 11.5 Å². The molecule has 126 valence electrons. The van der Waals surface area contributed by atoms with Crippen LogP contribution in [-0.2, 0) is 0 Å². The van der Waals surface area contributed by atoms with E-state index in [4.69, 9.17) is 16.6 Å². The second-order valence-electron chi connectivity index (χ2n) is 6.32. The molecular weight excluding hydrogens is 334 g/mol. The molecule has 2 aromatic carbocycles. The van der Waals surface area contributed by atoms with E-state index in [1.165, 1.54) is 0 Å². The quantitative estimate of drug-likeness (QED) is 0.547. The van der Waals surface area contributed by atoms with E-state index < -0.39 is 0 Å². The van der Waals surface area contributed by atoms with Gasteiger partial charge in [-0.1, -0.05) is 23.7 Å². The van der Waals surface area contributed by atoms with E-state index in [1.807, 2.05) is 60.0 Å². The van der Waals surface area contributed by atoms with Crippen LogP contribution in [0.1, 0.15) is 13.8 Å². The molecule has 2 aromatic heterocycles. The van der Waals surface area contributed by atoms with E-state index in [0.717, 1.165) is 33.9 Å². The molecule has 2 heterocycles. The topological polar surface area (TPSA) is 46.3 Å². The minimum absolute atomic E-state index is 0.289. The molecular formula is C19H18ClN5. The van der Waals surface area contributed by atoms with Crippen molar-refractivity contribution < 1.29 is 0 Å². The van der Waals surface area contributed by atoms with Gasteiger partial charge in [-0.25, -0.2) is 9.38 Å². The molecule has 0 amide bonds. The van der Waals surface area contributed by atoms with Crippen LogP contribution < -0.4 is 4.90 Å². The average Bonchev–Trinajstić information content (AvgIpc) is 3.06. The van der Waals surface area contributed by atoms with Gasteiger partial charge in [0.25, 0.3) is 0 Å². The number of hydrogen-bond acceptors (Lipinski definition) is 4. The Balaban J connectivity index is 2.08. The summed E-state index contributed by atoms with van der Waals surface area (Å²) in [6, 6.07) is 15.9. The molecule has 0 N–H and O–H groups in total. The van der Waals surface area contributed by atoms with Crippen molar-refractivity contribution in [2.75, 3.05) is 11.9 Å². The van der Waals surface area contributed by atoms with E-state index in [1.54, 1.807) is 0 Å². The number of rotatable bonds is 3. The highest BCUT2D eigenvalue weighted by molar-refractivity contribution is 6.30. The first-order chi connectivity index (χ1) is 12.1. The SMILES string of the molecule is CC(C)N(C)c1nc2ccccc2c2nnc(-c3ccc(Cl)cc3)n12. The molecule has 0 aliphatic rings. The first-order valence-electron chi connectivity index (χ1n) is 8.19. The maximum absolute atomic E-state index is 6.03. The molecule has 0 aliphatic heterocycles. The summed E-state index contributed by atoms with van der Waals surface area (Å²) in [6.45, 7) is 4.27. The lowest BCUT2D eigenvalue weighted by Crippen LogP contribution is -2.28. The monoisotopic (exact) mass is 351 g/mol. The maximum Gasteiger partial charge on any atom is 0.213 e. The third-order valence-corrected chi connectivity index (χ3v) is 4.67. The Hall–Kier alpha value is -2.66. The second kappa shape index (κ2) is 6.01. The number of fused-ring (bicyclic) bond motifs is 3. The molecule has 0 bridgehead atoms. The average molecular weight is 352 g/mol. The molecule has 0 atom stereocenters. The lowest BCUT2D eigenvalue weighted by molar-refractivity contribution is 0.725. The van der Waals surface area contributed by atoms with E-state index in [0.29, 0.717) is 5.02 Å². The predicted octanol–water partition coefficient (Wildman–Crippen LogP) is 4.44. The molecule has 0 fully saturated rings. The molecule has 0 unspecified atom stereocenters. The van der Waals surface area contributed by atoms with Gasteiger partial charge in [-0.2, -0.15) is 0 Å². The van der Waals surface area contributed by atoms with Gasteiger partial charge in [0, 0.05) is 29.1 Å². The minimum Gasteiger partial charge on any atom is -0.342 e. The van der Waals surface area contributed by atoms with Crippen molar-refractivity contribution in [2.24, 2.45) is 0 Å². The van der Waals surface area contributed by atoms with Crippen LogP contribution in [0, 0.1) is 0 Å². The van der Waals surface area contributed by atoms with Gasteiger partial charge in [-0.05, 0) is 50.2 Å². The Labute approximate surface area is 150 Å². The fraction of sp³-hybridized carbons (Fsp3) is 0.211. The van der Waals surface area contributed by atoms with Gasteiger partial charge in [-0.15, -0.1) is 10.2 Å². The Morgan fingerprint density at radius 1 is 1.00 bits per heavy atom. The number of halogens is 1. The smallest absolute Gasteiger partial charge is 0.213 e. The van der Waals surface area contributed by atoms with Crippen LogP contribution in [0.25, 0.3) is 27.9 Å². The summed E-state index contributed by atoms with van der Waals surface area (Å²) in [5.41, 5.74) is 2.66. The lowest BCUT2D eigenvalue weighted by Gasteiger charge is -2.24. The molecule has 4 aromatic rings. The van der Waals surface area contributed by atoms with Gasteiger partial charge in [0.1, 0.15) is 0 Å². The number of aromatic nitrogens is 4. The molecule has 0 spiro atoms. The van der Waals surface area contributed by atoms with Crippen LogP contribution in [0.4, 0.5) is 5.95 Å². The van der Waals surface area contributed by atoms with Crippen LogP contribution in [0.15, 0.2) is 48.5 Å². The summed E-state index contributed by atoms with van der Waals surface area (Å²) < 4.78 is 2.02. The maximum atomic E-state index is 6.03. The van der Waals surface area contributed by atoms with Crippen LogP contribution in [0.5, 0.6) is 0 Å². The zero-order valence-electron chi connectivity index (χ0n) is 14.3. The molecule has 0 saturated heterocycles. The highest BCUT2D eigenvalue weighted by atomic mass is 35.5. The second-order valence-corrected chi connectivity index (χ2v) is 6.76. The van der Waals surface area contributed by atoms with Crippen molar-refractivity contribution in [1.82, 2.24) is 19.6 Å². The van der Waals surface area contributed by atoms with E-state index >= 15 is 0 Å². The molecule has 0 radical (unpaired) electrons. The largest absolute Gasteiger partial charge is 0.342 e. The summed E-state index contributed by atoms with van der Waals surface area (Å²) in [7, 11) is 2.03. The van der Waals surface area contributed by atoms with Gasteiger partial charge < -0.3 is 4.90 Å². The van der Waals surface area contributed by atoms with Crippen molar-refractivity contribution in [2.45, 2.75) is 19.9 Å². The summed E-state index contributed by atoms with van der Waals surface area (Å²) in [5, 5.41) is 10.6. The molecule has 6 heteroatoms. The standard InChI is InChI=1S/C19H18ClN5/c1-12(2)24(3)19-21-16-7-5-4-6-15(16)18-23-22-17(25(18)19)13-8-10-14(20)11-9-13/h4-12H,1-3H3. The zero-order valence-corrected chi connectivity index (χ0v) is 15.1. The Bertz CT molecular complexity index is 1050. The van der Waals surface area contributed by atoms with Crippen LogP contribution in [0.3, 0.4) is 0 Å². The third-order valence-electron chi connectivity index (χ3n) is 4.42. The summed E-state index contributed by atoms with van der Waals surface area (Å²) in [6.07, 6.45) is 0. The number of anilines is 1. The minimum atomic E-state index is 0.289. The highest BCUT2D eigenvalue weighted by Gasteiger charge is 2.19. The molecule has 25 heavy (non-hydrogen) atoms. The van der Waals surface area contributed by atoms with Crippen LogP contribution >= 0.6 is 11.6 Å². The molecule has 0 saturated carbocycles. The fourth-order valence-electron chi connectivity index (χ4n) is 2.82. The molecule has 4 rings (SSSR count). The van der Waals surface area contributed by atoms with Crippen molar-refractivity contribution in [1.29, 1.82) is 0 Å². The van der Waals surface area contributed by atoms with Crippen molar-refractivity contribution >= 4 is 34.1 Å². The fourth-order valence-corrected chi connectivity index (χ4v) is 2.95. The van der Waals surface area contributed by atoms with Crippen LogP contribution in [-0.4, -0.2) is 32.7 Å². The van der Waals surface area contributed by atoms with Crippen LogP contribution in [0.2, 0.25) is 5.02 Å². The predicted molar refractivity (Wildman–Crippen MR) is 102 cm³/mol. The first kappa shape index (κ1) is 15.8. The van der Waals surface area contributed by atoms with Gasteiger partial charge in [0.05, 0.1) is 5.52 Å². The zero-order chi connectivity index (χ0) is 17.6. The van der Waals surface area contributed by atoms with Gasteiger partial charge in [0.2, 0.25) is 5.95 Å².